The number of nitrogens with zero attached hydrogens (tertiary/aromatic N) is 1. The van der Waals surface area contributed by atoms with Crippen LogP contribution in [0.15, 0.2) is 48.5 Å². The van der Waals surface area contributed by atoms with E-state index in [2.05, 4.69) is 36.1 Å². The monoisotopic (exact) mass is 285 g/mol. The molecule has 4 heteroatoms. The maximum absolute atomic E-state index is 11.1. The van der Waals surface area contributed by atoms with Crippen LogP contribution >= 0.6 is 0 Å². The molecule has 0 aliphatic heterocycles. The highest BCUT2D eigenvalue weighted by atomic mass is 16.5. The Morgan fingerprint density at radius 2 is 1.81 bits per heavy atom. The number of carboxylic acids is 1. The number of benzene rings is 2. The van der Waals surface area contributed by atoms with Crippen LogP contribution in [0.5, 0.6) is 5.75 Å². The normalized spacial score (nSPS) is 10.2. The van der Waals surface area contributed by atoms with E-state index >= 15 is 0 Å². The molecule has 0 atom stereocenters. The molecule has 0 aliphatic rings. The predicted molar refractivity (Wildman–Crippen MR) is 83.3 cm³/mol. The summed E-state index contributed by atoms with van der Waals surface area (Å²) in [5, 5.41) is 9.09. The number of likely N-dealkylation sites (N-methyl/N-ethyl adjacent to an activating group) is 1. The molecule has 0 unspecified atom stereocenters. The van der Waals surface area contributed by atoms with E-state index in [0.29, 0.717) is 18.9 Å². The van der Waals surface area contributed by atoms with E-state index < -0.39 is 5.97 Å². The zero-order valence-electron chi connectivity index (χ0n) is 12.2. The first-order valence-electron chi connectivity index (χ1n) is 6.81. The average molecular weight is 285 g/mol. The van der Waals surface area contributed by atoms with Gasteiger partial charge in [-0.2, -0.15) is 0 Å². The van der Waals surface area contributed by atoms with Crippen molar-refractivity contribution in [3.63, 3.8) is 0 Å². The Balaban J connectivity index is 1.92. The molecule has 0 saturated heterocycles. The molecule has 2 rings (SSSR count). The Morgan fingerprint density at radius 1 is 1.14 bits per heavy atom. The Morgan fingerprint density at radius 3 is 2.48 bits per heavy atom. The first-order chi connectivity index (χ1) is 10.1. The van der Waals surface area contributed by atoms with E-state index in [4.69, 9.17) is 9.84 Å². The van der Waals surface area contributed by atoms with Crippen LogP contribution in [0, 0.1) is 6.92 Å². The lowest BCUT2D eigenvalue weighted by Crippen LogP contribution is -2.24. The summed E-state index contributed by atoms with van der Waals surface area (Å²) in [6, 6.07) is 14.9. The van der Waals surface area contributed by atoms with Crippen LogP contribution in [-0.2, 0) is 0 Å². The number of para-hydroxylation sites is 1. The number of ether oxygens (including phenoxy) is 1. The van der Waals surface area contributed by atoms with Gasteiger partial charge in [0.05, 0.1) is 6.54 Å². The number of aromatic carboxylic acids is 1. The number of anilines is 1. The second-order valence-electron chi connectivity index (χ2n) is 4.91. The third kappa shape index (κ3) is 3.99. The molecule has 21 heavy (non-hydrogen) atoms. The molecule has 110 valence electrons. The number of rotatable bonds is 6. The molecule has 0 aliphatic carbocycles. The van der Waals surface area contributed by atoms with Gasteiger partial charge in [0.1, 0.15) is 17.9 Å². The Bertz CT molecular complexity index is 608. The summed E-state index contributed by atoms with van der Waals surface area (Å²) in [6.45, 7) is 3.15. The lowest BCUT2D eigenvalue weighted by molar-refractivity contribution is 0.0692. The molecule has 0 fully saturated rings. The van der Waals surface area contributed by atoms with E-state index in [1.54, 1.807) is 24.3 Å². The minimum absolute atomic E-state index is 0.190. The minimum atomic E-state index is -0.975. The van der Waals surface area contributed by atoms with Gasteiger partial charge in [-0.1, -0.05) is 29.8 Å². The van der Waals surface area contributed by atoms with Gasteiger partial charge in [-0.15, -0.1) is 0 Å². The molecule has 4 nitrogen and oxygen atoms in total. The van der Waals surface area contributed by atoms with Crippen molar-refractivity contribution in [2.24, 2.45) is 0 Å². The van der Waals surface area contributed by atoms with Crippen molar-refractivity contribution in [3.05, 3.63) is 59.7 Å². The summed E-state index contributed by atoms with van der Waals surface area (Å²) < 4.78 is 5.59. The van der Waals surface area contributed by atoms with Gasteiger partial charge in [0.25, 0.3) is 0 Å². The molecule has 0 amide bonds. The zero-order chi connectivity index (χ0) is 15.2. The van der Waals surface area contributed by atoms with Gasteiger partial charge in [0, 0.05) is 12.7 Å². The Kier molecular flexibility index (Phi) is 4.82. The van der Waals surface area contributed by atoms with Gasteiger partial charge in [0.15, 0.2) is 0 Å². The van der Waals surface area contributed by atoms with Gasteiger partial charge in [-0.3, -0.25) is 0 Å². The van der Waals surface area contributed by atoms with Crippen molar-refractivity contribution in [2.45, 2.75) is 6.92 Å². The second kappa shape index (κ2) is 6.79. The lowest BCUT2D eigenvalue weighted by Gasteiger charge is -2.20. The van der Waals surface area contributed by atoms with Gasteiger partial charge < -0.3 is 14.7 Å². The van der Waals surface area contributed by atoms with Crippen LogP contribution in [0.3, 0.4) is 0 Å². The van der Waals surface area contributed by atoms with Gasteiger partial charge in [-0.25, -0.2) is 4.79 Å². The molecule has 0 saturated carbocycles. The highest BCUT2D eigenvalue weighted by Crippen LogP contribution is 2.18. The van der Waals surface area contributed by atoms with Crippen LogP contribution in [-0.4, -0.2) is 31.3 Å². The number of hydrogen-bond donors (Lipinski definition) is 1. The molecule has 0 bridgehead atoms. The molecule has 2 aromatic rings. The summed E-state index contributed by atoms with van der Waals surface area (Å²) in [6.07, 6.45) is 0. The van der Waals surface area contributed by atoms with Gasteiger partial charge in [-0.05, 0) is 31.2 Å². The average Bonchev–Trinajstić information content (AvgIpc) is 2.48. The van der Waals surface area contributed by atoms with Crippen molar-refractivity contribution in [2.75, 3.05) is 25.1 Å². The maximum atomic E-state index is 11.1. The Labute approximate surface area is 124 Å². The van der Waals surface area contributed by atoms with Crippen molar-refractivity contribution in [1.29, 1.82) is 0 Å². The smallest absolute Gasteiger partial charge is 0.339 e. The number of carbonyl (C=O) groups is 1. The third-order valence-corrected chi connectivity index (χ3v) is 3.28. The highest BCUT2D eigenvalue weighted by Gasteiger charge is 2.10. The quantitative estimate of drug-likeness (QED) is 0.885. The molecule has 1 N–H and O–H groups in total. The van der Waals surface area contributed by atoms with Gasteiger partial charge in [0.2, 0.25) is 0 Å². The molecular weight excluding hydrogens is 266 g/mol. The molecule has 2 aromatic carbocycles. The standard InChI is InChI=1S/C17H19NO3/c1-13-7-9-14(10-8-13)18(2)11-12-21-16-6-4-3-5-15(16)17(19)20/h3-10H,11-12H2,1-2H3,(H,19,20). The fraction of sp³-hybridized carbons (Fsp3) is 0.235. The van der Waals surface area contributed by atoms with E-state index in [0.717, 1.165) is 5.69 Å². The van der Waals surface area contributed by atoms with Crippen molar-refractivity contribution >= 4 is 11.7 Å². The SMILES string of the molecule is Cc1ccc(N(C)CCOc2ccccc2C(=O)O)cc1. The molecule has 0 aromatic heterocycles. The fourth-order valence-corrected chi connectivity index (χ4v) is 1.99. The highest BCUT2D eigenvalue weighted by molar-refractivity contribution is 5.90. The molecule has 0 radical (unpaired) electrons. The molecule has 0 spiro atoms. The fourth-order valence-electron chi connectivity index (χ4n) is 1.99. The predicted octanol–water partition coefficient (Wildman–Crippen LogP) is 3.21. The second-order valence-corrected chi connectivity index (χ2v) is 4.91. The van der Waals surface area contributed by atoms with Crippen LogP contribution in [0.1, 0.15) is 15.9 Å². The number of carboxylic acid groups (broad SMARTS) is 1. The third-order valence-electron chi connectivity index (χ3n) is 3.28. The van der Waals surface area contributed by atoms with E-state index in [1.165, 1.54) is 5.56 Å². The summed E-state index contributed by atoms with van der Waals surface area (Å²) in [5.74, 6) is -0.570. The van der Waals surface area contributed by atoms with Crippen LogP contribution in [0.4, 0.5) is 5.69 Å². The number of hydrogen-bond acceptors (Lipinski definition) is 3. The maximum Gasteiger partial charge on any atom is 0.339 e. The van der Waals surface area contributed by atoms with E-state index in [9.17, 15) is 4.79 Å². The molecular formula is C17H19NO3. The number of aryl methyl sites for hydroxylation is 1. The first-order valence-corrected chi connectivity index (χ1v) is 6.81. The van der Waals surface area contributed by atoms with Crippen molar-refractivity contribution in [1.82, 2.24) is 0 Å². The summed E-state index contributed by atoms with van der Waals surface area (Å²) in [4.78, 5) is 13.2. The summed E-state index contributed by atoms with van der Waals surface area (Å²) in [7, 11) is 1.98. The first kappa shape index (κ1) is 14.9. The van der Waals surface area contributed by atoms with Crippen LogP contribution in [0.25, 0.3) is 0 Å². The van der Waals surface area contributed by atoms with E-state index in [1.807, 2.05) is 7.05 Å². The lowest BCUT2D eigenvalue weighted by atomic mass is 10.2. The minimum Gasteiger partial charge on any atom is -0.491 e. The van der Waals surface area contributed by atoms with Crippen LogP contribution < -0.4 is 9.64 Å². The van der Waals surface area contributed by atoms with Crippen molar-refractivity contribution < 1.29 is 14.6 Å². The zero-order valence-corrected chi connectivity index (χ0v) is 12.2. The van der Waals surface area contributed by atoms with E-state index in [-0.39, 0.29) is 5.56 Å². The summed E-state index contributed by atoms with van der Waals surface area (Å²) >= 11 is 0. The van der Waals surface area contributed by atoms with Crippen molar-refractivity contribution in [3.8, 4) is 5.75 Å². The van der Waals surface area contributed by atoms with Crippen LogP contribution in [0.2, 0.25) is 0 Å². The Hall–Kier alpha value is -2.49. The largest absolute Gasteiger partial charge is 0.491 e. The molecule has 0 heterocycles. The summed E-state index contributed by atoms with van der Waals surface area (Å²) in [5.41, 5.74) is 2.52. The topological polar surface area (TPSA) is 49.8 Å². The van der Waals surface area contributed by atoms with Gasteiger partial charge >= 0.3 is 5.97 Å².